The van der Waals surface area contributed by atoms with Gasteiger partial charge in [0.25, 0.3) is 0 Å². The van der Waals surface area contributed by atoms with Gasteiger partial charge in [-0.3, -0.25) is 4.72 Å². The van der Waals surface area contributed by atoms with Crippen LogP contribution in [0.5, 0.6) is 0 Å². The second-order valence-electron chi connectivity index (χ2n) is 3.89. The largest absolute Gasteiger partial charge is 0.284 e. The van der Waals surface area contributed by atoms with Crippen molar-refractivity contribution in [3.05, 3.63) is 29.0 Å². The summed E-state index contributed by atoms with van der Waals surface area (Å²) >= 11 is 4.97. The van der Waals surface area contributed by atoms with Crippen LogP contribution in [0, 0.1) is 4.77 Å². The molecule has 2 N–H and O–H groups in total. The second kappa shape index (κ2) is 5.49. The zero-order chi connectivity index (χ0) is 13.9. The minimum absolute atomic E-state index is 0.101. The van der Waals surface area contributed by atoms with Gasteiger partial charge in [0.2, 0.25) is 14.8 Å². The van der Waals surface area contributed by atoms with Crippen LogP contribution in [0.3, 0.4) is 0 Å². The molecule has 0 spiro atoms. The summed E-state index contributed by atoms with van der Waals surface area (Å²) in [5, 5.41) is 9.86. The maximum atomic E-state index is 11.6. The molecule has 102 valence electrons. The smallest absolute Gasteiger partial charge is 0.242 e. The van der Waals surface area contributed by atoms with Gasteiger partial charge in [0, 0.05) is 5.69 Å². The zero-order valence-corrected chi connectivity index (χ0v) is 11.8. The van der Waals surface area contributed by atoms with E-state index in [-0.39, 0.29) is 5.75 Å². The molecule has 1 heterocycles. The third kappa shape index (κ3) is 3.38. The average Bonchev–Trinajstić information content (AvgIpc) is 2.76. The fraction of sp³-hybridized carbons (Fsp3) is 0.300. The van der Waals surface area contributed by atoms with Gasteiger partial charge in [-0.25, -0.2) is 13.1 Å². The summed E-state index contributed by atoms with van der Waals surface area (Å²) in [5.74, 6) is 0.101. The Hall–Kier alpha value is -1.74. The van der Waals surface area contributed by atoms with Crippen molar-refractivity contribution in [1.29, 1.82) is 0 Å². The summed E-state index contributed by atoms with van der Waals surface area (Å²) in [5.41, 5.74) is 1.24. The average molecular weight is 299 g/mol. The van der Waals surface area contributed by atoms with Crippen LogP contribution in [-0.2, 0) is 10.0 Å². The van der Waals surface area contributed by atoms with Crippen molar-refractivity contribution >= 4 is 27.9 Å². The molecule has 0 aliphatic rings. The van der Waals surface area contributed by atoms with E-state index in [0.717, 1.165) is 5.69 Å². The number of sulfonamides is 1. The van der Waals surface area contributed by atoms with E-state index in [1.165, 1.54) is 4.68 Å². The highest BCUT2D eigenvalue weighted by atomic mass is 32.2. The maximum absolute atomic E-state index is 11.6. The number of benzene rings is 1. The van der Waals surface area contributed by atoms with Gasteiger partial charge in [0.15, 0.2) is 0 Å². The number of rotatable bonds is 5. The van der Waals surface area contributed by atoms with Crippen LogP contribution in [0.2, 0.25) is 0 Å². The summed E-state index contributed by atoms with van der Waals surface area (Å²) < 4.78 is 27.5. The van der Waals surface area contributed by atoms with E-state index in [4.69, 9.17) is 12.2 Å². The Morgan fingerprint density at radius 3 is 2.58 bits per heavy atom. The number of hydrogen-bond acceptors (Lipinski definition) is 5. The number of H-pyrrole nitrogens is 1. The molecule has 2 rings (SSSR count). The normalized spacial score (nSPS) is 11.4. The quantitative estimate of drug-likeness (QED) is 0.816. The van der Waals surface area contributed by atoms with Gasteiger partial charge in [0.1, 0.15) is 0 Å². The van der Waals surface area contributed by atoms with Gasteiger partial charge in [0.05, 0.1) is 11.4 Å². The highest BCUT2D eigenvalue weighted by molar-refractivity contribution is 7.92. The molecule has 2 aromatic rings. The number of hydrogen-bond donors (Lipinski definition) is 2. The van der Waals surface area contributed by atoms with Crippen LogP contribution in [0.25, 0.3) is 5.69 Å². The van der Waals surface area contributed by atoms with E-state index in [9.17, 15) is 8.42 Å². The van der Waals surface area contributed by atoms with Crippen molar-refractivity contribution < 1.29 is 8.42 Å². The predicted molar refractivity (Wildman–Crippen MR) is 74.2 cm³/mol. The third-order valence-corrected chi connectivity index (χ3v) is 4.10. The number of anilines is 1. The zero-order valence-electron chi connectivity index (χ0n) is 10.2. The molecule has 19 heavy (non-hydrogen) atoms. The second-order valence-corrected chi connectivity index (χ2v) is 6.09. The fourth-order valence-electron chi connectivity index (χ4n) is 1.54. The van der Waals surface area contributed by atoms with Crippen LogP contribution >= 0.6 is 12.2 Å². The Morgan fingerprint density at radius 2 is 2.05 bits per heavy atom. The molecule has 1 aromatic heterocycles. The summed E-state index contributed by atoms with van der Waals surface area (Å²) in [6.07, 6.45) is 0.572. The Bertz CT molecular complexity index is 702. The van der Waals surface area contributed by atoms with E-state index in [1.54, 1.807) is 24.3 Å². The third-order valence-electron chi connectivity index (χ3n) is 2.34. The maximum Gasteiger partial charge on any atom is 0.242 e. The van der Waals surface area contributed by atoms with Crippen molar-refractivity contribution in [1.82, 2.24) is 20.2 Å². The Labute approximate surface area is 115 Å². The number of aromatic amines is 1. The lowest BCUT2D eigenvalue weighted by Crippen LogP contribution is -2.16. The molecule has 0 bridgehead atoms. The molecule has 0 aliphatic heterocycles. The van der Waals surface area contributed by atoms with Crippen LogP contribution < -0.4 is 4.72 Å². The van der Waals surface area contributed by atoms with Gasteiger partial charge in [-0.2, -0.15) is 5.21 Å². The summed E-state index contributed by atoms with van der Waals surface area (Å²) in [4.78, 5) is 0. The Morgan fingerprint density at radius 1 is 1.37 bits per heavy atom. The van der Waals surface area contributed by atoms with Crippen LogP contribution in [-0.4, -0.2) is 34.4 Å². The first-order valence-electron chi connectivity index (χ1n) is 5.63. The van der Waals surface area contributed by atoms with Crippen LogP contribution in [0.15, 0.2) is 24.3 Å². The fourth-order valence-corrected chi connectivity index (χ4v) is 2.87. The topological polar surface area (TPSA) is 92.7 Å². The first-order chi connectivity index (χ1) is 9.02. The molecule has 0 amide bonds. The molecule has 0 saturated carbocycles. The molecule has 0 unspecified atom stereocenters. The van der Waals surface area contributed by atoms with Crippen molar-refractivity contribution in [2.75, 3.05) is 10.5 Å². The SMILES string of the molecule is CCCS(=O)(=O)Nc1ccc(-n2[nH]nnc2=S)cc1. The first kappa shape index (κ1) is 13.7. The van der Waals surface area contributed by atoms with Gasteiger partial charge in [-0.15, -0.1) is 0 Å². The van der Waals surface area contributed by atoms with E-state index < -0.39 is 10.0 Å². The molecular weight excluding hydrogens is 286 g/mol. The minimum atomic E-state index is -3.27. The van der Waals surface area contributed by atoms with E-state index in [2.05, 4.69) is 20.2 Å². The molecule has 0 fully saturated rings. The van der Waals surface area contributed by atoms with Crippen molar-refractivity contribution in [3.8, 4) is 5.69 Å². The van der Waals surface area contributed by atoms with Crippen LogP contribution in [0.1, 0.15) is 13.3 Å². The number of nitrogens with zero attached hydrogens (tertiary/aromatic N) is 3. The number of tetrazole rings is 1. The predicted octanol–water partition coefficient (Wildman–Crippen LogP) is 1.48. The Kier molecular flexibility index (Phi) is 3.96. The molecule has 0 radical (unpaired) electrons. The molecular formula is C10H13N5O2S2. The van der Waals surface area contributed by atoms with Crippen molar-refractivity contribution in [2.24, 2.45) is 0 Å². The molecule has 0 aliphatic carbocycles. The summed E-state index contributed by atoms with van der Waals surface area (Å²) in [6, 6.07) is 6.76. The van der Waals surface area contributed by atoms with Gasteiger partial charge in [-0.05, 0) is 42.9 Å². The molecule has 1 aromatic carbocycles. The lowest BCUT2D eigenvalue weighted by atomic mass is 10.3. The summed E-state index contributed by atoms with van der Waals surface area (Å²) in [6.45, 7) is 1.81. The van der Waals surface area contributed by atoms with E-state index >= 15 is 0 Å². The number of nitrogens with one attached hydrogen (secondary N) is 2. The molecule has 0 atom stereocenters. The highest BCUT2D eigenvalue weighted by Gasteiger charge is 2.08. The highest BCUT2D eigenvalue weighted by Crippen LogP contribution is 2.14. The van der Waals surface area contributed by atoms with E-state index in [0.29, 0.717) is 16.9 Å². The standard InChI is InChI=1S/C10H13N5O2S2/c1-2-7-19(16,17)12-8-3-5-9(6-4-8)15-10(18)11-13-14-15/h3-6,12H,2,7H2,1H3,(H,11,14,18). The van der Waals surface area contributed by atoms with Gasteiger partial charge < -0.3 is 0 Å². The first-order valence-corrected chi connectivity index (χ1v) is 7.69. The number of aromatic nitrogens is 4. The Balaban J connectivity index is 2.20. The van der Waals surface area contributed by atoms with Gasteiger partial charge in [-0.1, -0.05) is 17.2 Å². The van der Waals surface area contributed by atoms with Gasteiger partial charge >= 0.3 is 0 Å². The molecule has 0 saturated heterocycles. The van der Waals surface area contributed by atoms with Crippen LogP contribution in [0.4, 0.5) is 5.69 Å². The van der Waals surface area contributed by atoms with Crippen molar-refractivity contribution in [2.45, 2.75) is 13.3 Å². The monoisotopic (exact) mass is 299 g/mol. The minimum Gasteiger partial charge on any atom is -0.284 e. The molecule has 7 nitrogen and oxygen atoms in total. The van der Waals surface area contributed by atoms with E-state index in [1.807, 2.05) is 6.92 Å². The van der Waals surface area contributed by atoms with Crippen molar-refractivity contribution in [3.63, 3.8) is 0 Å². The lowest BCUT2D eigenvalue weighted by Gasteiger charge is -2.07. The summed E-state index contributed by atoms with van der Waals surface area (Å²) in [7, 11) is -3.27. The molecule has 9 heteroatoms. The lowest BCUT2D eigenvalue weighted by molar-refractivity contribution is 0.600.